The molecule has 0 amide bonds. The van der Waals surface area contributed by atoms with Crippen molar-refractivity contribution in [1.29, 1.82) is 0 Å². The van der Waals surface area contributed by atoms with Gasteiger partial charge in [-0.15, -0.1) is 0 Å². The molecule has 0 aliphatic rings. The monoisotopic (exact) mass is 295 g/mol. The molecule has 1 aromatic carbocycles. The minimum Gasteiger partial charge on any atom is -0.398 e. The molecule has 6 heteroatoms. The van der Waals surface area contributed by atoms with Crippen molar-refractivity contribution in [2.75, 3.05) is 12.8 Å². The number of ether oxygens (including phenoxy) is 1. The van der Waals surface area contributed by atoms with Gasteiger partial charge in [0.15, 0.2) is 0 Å². The van der Waals surface area contributed by atoms with Crippen LogP contribution in [0.3, 0.4) is 0 Å². The van der Waals surface area contributed by atoms with Gasteiger partial charge in [-0.2, -0.15) is 4.98 Å². The molecule has 0 spiro atoms. The lowest BCUT2D eigenvalue weighted by molar-refractivity contribution is 0.00718. The molecule has 1 unspecified atom stereocenters. The fourth-order valence-electron chi connectivity index (χ4n) is 2.01. The molecule has 2 rings (SSSR count). The Morgan fingerprint density at radius 3 is 2.65 bits per heavy atom. The number of anilines is 1. The largest absolute Gasteiger partial charge is 0.398 e. The van der Waals surface area contributed by atoms with Crippen LogP contribution in [0.25, 0.3) is 11.5 Å². The SMILES string of the molecule is COC(c1noc(-c2cc(Cl)ccc2N)n1)C(C)(C)C. The predicted molar refractivity (Wildman–Crippen MR) is 78.4 cm³/mol. The van der Waals surface area contributed by atoms with E-state index in [1.165, 1.54) is 0 Å². The highest BCUT2D eigenvalue weighted by atomic mass is 35.5. The Kier molecular flexibility index (Phi) is 4.01. The second-order valence-corrected chi connectivity index (χ2v) is 6.11. The fraction of sp³-hybridized carbons (Fsp3) is 0.429. The van der Waals surface area contributed by atoms with Gasteiger partial charge in [0.05, 0.1) is 5.56 Å². The molecule has 108 valence electrons. The van der Waals surface area contributed by atoms with Crippen molar-refractivity contribution >= 4 is 17.3 Å². The van der Waals surface area contributed by atoms with E-state index in [0.29, 0.717) is 28.0 Å². The molecule has 2 N–H and O–H groups in total. The highest BCUT2D eigenvalue weighted by Crippen LogP contribution is 2.35. The summed E-state index contributed by atoms with van der Waals surface area (Å²) < 4.78 is 10.7. The van der Waals surface area contributed by atoms with Crippen molar-refractivity contribution in [3.05, 3.63) is 29.0 Å². The molecule has 0 saturated carbocycles. The van der Waals surface area contributed by atoms with Crippen molar-refractivity contribution < 1.29 is 9.26 Å². The van der Waals surface area contributed by atoms with Crippen LogP contribution in [0.2, 0.25) is 5.02 Å². The first-order valence-corrected chi connectivity index (χ1v) is 6.62. The number of hydrogen-bond acceptors (Lipinski definition) is 5. The molecular formula is C14H18ClN3O2. The summed E-state index contributed by atoms with van der Waals surface area (Å²) in [6, 6.07) is 5.12. The van der Waals surface area contributed by atoms with Crippen LogP contribution in [-0.2, 0) is 4.74 Å². The number of rotatable bonds is 3. The molecule has 1 heterocycles. The third-order valence-corrected chi connectivity index (χ3v) is 3.18. The highest BCUT2D eigenvalue weighted by Gasteiger charge is 2.30. The number of halogens is 1. The van der Waals surface area contributed by atoms with Crippen LogP contribution in [0.4, 0.5) is 5.69 Å². The molecule has 0 fully saturated rings. The van der Waals surface area contributed by atoms with Gasteiger partial charge in [-0.05, 0) is 23.6 Å². The summed E-state index contributed by atoms with van der Waals surface area (Å²) in [5.74, 6) is 0.834. The second kappa shape index (κ2) is 5.42. The Morgan fingerprint density at radius 1 is 1.35 bits per heavy atom. The van der Waals surface area contributed by atoms with E-state index in [1.807, 2.05) is 20.8 Å². The molecule has 1 aromatic heterocycles. The zero-order valence-corrected chi connectivity index (χ0v) is 12.7. The molecule has 0 aliphatic heterocycles. The standard InChI is InChI=1S/C14H18ClN3O2/c1-14(2,3)11(19-4)12-17-13(20-18-12)9-7-8(15)5-6-10(9)16/h5-7,11H,16H2,1-4H3. The number of nitrogens with two attached hydrogens (primary N) is 1. The van der Waals surface area contributed by atoms with Gasteiger partial charge in [0.25, 0.3) is 5.89 Å². The number of hydrogen-bond donors (Lipinski definition) is 1. The van der Waals surface area contributed by atoms with E-state index in [4.69, 9.17) is 26.6 Å². The summed E-state index contributed by atoms with van der Waals surface area (Å²) in [5.41, 5.74) is 6.93. The smallest absolute Gasteiger partial charge is 0.260 e. The number of methoxy groups -OCH3 is 1. The van der Waals surface area contributed by atoms with Crippen LogP contribution in [0, 0.1) is 5.41 Å². The molecule has 0 bridgehead atoms. The maximum Gasteiger partial charge on any atom is 0.260 e. The summed E-state index contributed by atoms with van der Waals surface area (Å²) in [7, 11) is 1.62. The van der Waals surface area contributed by atoms with Crippen LogP contribution in [0.5, 0.6) is 0 Å². The summed E-state index contributed by atoms with van der Waals surface area (Å²) in [5, 5.41) is 4.55. The first-order chi connectivity index (χ1) is 9.32. The van der Waals surface area contributed by atoms with E-state index in [9.17, 15) is 0 Å². The van der Waals surface area contributed by atoms with E-state index in [1.54, 1.807) is 25.3 Å². The normalized spacial score (nSPS) is 13.4. The summed E-state index contributed by atoms with van der Waals surface area (Å²) in [4.78, 5) is 4.38. The third-order valence-electron chi connectivity index (χ3n) is 2.94. The quantitative estimate of drug-likeness (QED) is 0.874. The Hall–Kier alpha value is -1.59. The molecule has 0 saturated heterocycles. The van der Waals surface area contributed by atoms with E-state index in [2.05, 4.69) is 10.1 Å². The number of nitrogen functional groups attached to an aromatic ring is 1. The molecule has 20 heavy (non-hydrogen) atoms. The van der Waals surface area contributed by atoms with Gasteiger partial charge < -0.3 is 15.0 Å². The number of aromatic nitrogens is 2. The molecule has 0 aliphatic carbocycles. The van der Waals surface area contributed by atoms with Gasteiger partial charge in [0.1, 0.15) is 6.10 Å². The van der Waals surface area contributed by atoms with Crippen LogP contribution in [-0.4, -0.2) is 17.3 Å². The van der Waals surface area contributed by atoms with Gasteiger partial charge >= 0.3 is 0 Å². The topological polar surface area (TPSA) is 74.2 Å². The summed E-state index contributed by atoms with van der Waals surface area (Å²) in [6.45, 7) is 6.14. The molecule has 1 atom stereocenters. The molecular weight excluding hydrogens is 278 g/mol. The summed E-state index contributed by atoms with van der Waals surface area (Å²) >= 11 is 5.97. The van der Waals surface area contributed by atoms with Crippen LogP contribution >= 0.6 is 11.6 Å². The lowest BCUT2D eigenvalue weighted by atomic mass is 9.88. The Morgan fingerprint density at radius 2 is 2.05 bits per heavy atom. The van der Waals surface area contributed by atoms with Crippen molar-refractivity contribution in [1.82, 2.24) is 10.1 Å². The van der Waals surface area contributed by atoms with Gasteiger partial charge in [0.2, 0.25) is 5.82 Å². The maximum absolute atomic E-state index is 5.97. The highest BCUT2D eigenvalue weighted by molar-refractivity contribution is 6.31. The second-order valence-electron chi connectivity index (χ2n) is 5.67. The van der Waals surface area contributed by atoms with Gasteiger partial charge in [-0.1, -0.05) is 37.5 Å². The zero-order chi connectivity index (χ0) is 14.9. The molecule has 2 aromatic rings. The Labute approximate surface area is 123 Å². The van der Waals surface area contributed by atoms with Crippen LogP contribution in [0.15, 0.2) is 22.7 Å². The van der Waals surface area contributed by atoms with Gasteiger partial charge in [-0.25, -0.2) is 0 Å². The zero-order valence-electron chi connectivity index (χ0n) is 12.0. The molecule has 5 nitrogen and oxygen atoms in total. The Bertz CT molecular complexity index is 605. The van der Waals surface area contributed by atoms with E-state index in [0.717, 1.165) is 0 Å². The average Bonchev–Trinajstić information content (AvgIpc) is 2.80. The minimum absolute atomic E-state index is 0.143. The molecule has 0 radical (unpaired) electrons. The lowest BCUT2D eigenvalue weighted by Gasteiger charge is -2.26. The van der Waals surface area contributed by atoms with Crippen molar-refractivity contribution in [2.24, 2.45) is 5.41 Å². The van der Waals surface area contributed by atoms with E-state index < -0.39 is 0 Å². The Balaban J connectivity index is 2.40. The number of nitrogens with zero attached hydrogens (tertiary/aromatic N) is 2. The van der Waals surface area contributed by atoms with E-state index in [-0.39, 0.29) is 11.5 Å². The predicted octanol–water partition coefficient (Wildman–Crippen LogP) is 3.71. The third kappa shape index (κ3) is 2.94. The van der Waals surface area contributed by atoms with Crippen molar-refractivity contribution in [2.45, 2.75) is 26.9 Å². The van der Waals surface area contributed by atoms with Gasteiger partial charge in [0, 0.05) is 17.8 Å². The van der Waals surface area contributed by atoms with Crippen molar-refractivity contribution in [3.8, 4) is 11.5 Å². The lowest BCUT2D eigenvalue weighted by Crippen LogP contribution is -2.21. The van der Waals surface area contributed by atoms with Crippen molar-refractivity contribution in [3.63, 3.8) is 0 Å². The fourth-order valence-corrected chi connectivity index (χ4v) is 2.18. The first kappa shape index (κ1) is 14.8. The van der Waals surface area contributed by atoms with Crippen LogP contribution < -0.4 is 5.73 Å². The minimum atomic E-state index is -0.264. The average molecular weight is 296 g/mol. The maximum atomic E-state index is 5.97. The van der Waals surface area contributed by atoms with E-state index >= 15 is 0 Å². The summed E-state index contributed by atoms with van der Waals surface area (Å²) in [6.07, 6.45) is -0.264. The van der Waals surface area contributed by atoms with Gasteiger partial charge in [-0.3, -0.25) is 0 Å². The van der Waals surface area contributed by atoms with Crippen LogP contribution in [0.1, 0.15) is 32.7 Å². The number of benzene rings is 1. The first-order valence-electron chi connectivity index (χ1n) is 6.24.